The highest BCUT2D eigenvalue weighted by molar-refractivity contribution is 6.05. The van der Waals surface area contributed by atoms with Gasteiger partial charge in [-0.25, -0.2) is 14.6 Å². The zero-order valence-electron chi connectivity index (χ0n) is 32.4. The first-order chi connectivity index (χ1) is 27.5. The molecule has 304 valence electrons. The summed E-state index contributed by atoms with van der Waals surface area (Å²) in [5.41, 5.74) is 3.90. The summed E-state index contributed by atoms with van der Waals surface area (Å²) < 4.78 is 46.6. The predicted molar refractivity (Wildman–Crippen MR) is 212 cm³/mol. The third-order valence-electron chi connectivity index (χ3n) is 9.43. The van der Waals surface area contributed by atoms with Crippen LogP contribution < -0.4 is 9.64 Å². The molecule has 3 aromatic carbocycles. The van der Waals surface area contributed by atoms with Crippen molar-refractivity contribution < 1.29 is 47.3 Å². The number of aromatic nitrogens is 2. The number of carbonyl (C=O) groups is 4. The Hall–Kier alpha value is -6.48. The van der Waals surface area contributed by atoms with Crippen LogP contribution in [0.3, 0.4) is 0 Å². The molecule has 2 N–H and O–H groups in total. The highest BCUT2D eigenvalue weighted by Gasteiger charge is 2.30. The zero-order valence-corrected chi connectivity index (χ0v) is 32.4. The molecule has 5 aromatic rings. The van der Waals surface area contributed by atoms with Crippen LogP contribution in [0.1, 0.15) is 51.4 Å². The van der Waals surface area contributed by atoms with Crippen molar-refractivity contribution in [2.24, 2.45) is 13.0 Å². The number of aryl methyl sites for hydroxylation is 1. The van der Waals surface area contributed by atoms with Crippen LogP contribution in [0.5, 0.6) is 11.6 Å². The predicted octanol–water partition coefficient (Wildman–Crippen LogP) is 7.53. The van der Waals surface area contributed by atoms with E-state index in [-0.39, 0.29) is 11.5 Å². The summed E-state index contributed by atoms with van der Waals surface area (Å²) in [6.45, 7) is 8.27. The van der Waals surface area contributed by atoms with Gasteiger partial charge in [0.25, 0.3) is 11.8 Å². The SMILES string of the molecule is CC(C)Cc1ccc(CN2CCN(C(=O)c3cc4cc(Oc5ccc(N(C)C(=O)c6ccc(C(F)(F)F)cc6)cn5)ccc4n3C)CC2)cc1.O=C(O)/C=C\C(=O)O. The smallest absolute Gasteiger partial charge is 0.416 e. The van der Waals surface area contributed by atoms with E-state index in [9.17, 15) is 32.3 Å². The molecule has 3 heterocycles. The standard InChI is InChI=1S/C39H40F3N5O3.C4H4O4/c1-26(2)21-27-5-7-28(8-6-27)25-46-17-19-47(20-18-46)38(49)35-23-30-22-33(14-15-34(30)45(35)4)50-36-16-13-32(24-43-36)44(3)37(48)29-9-11-31(12-10-29)39(40,41)42;5-3(6)1-2-4(7)8/h5-16,22-24,26H,17-21,25H2,1-4H3;1-2H,(H,5,6)(H,7,8)/b;2-1-. The van der Waals surface area contributed by atoms with Gasteiger partial charge in [0.2, 0.25) is 5.88 Å². The van der Waals surface area contributed by atoms with Crippen molar-refractivity contribution in [1.29, 1.82) is 0 Å². The number of aliphatic carboxylic acids is 2. The van der Waals surface area contributed by atoms with Gasteiger partial charge in [0.1, 0.15) is 11.4 Å². The second-order valence-corrected chi connectivity index (χ2v) is 14.2. The number of carbonyl (C=O) groups excluding carboxylic acids is 2. The van der Waals surface area contributed by atoms with Gasteiger partial charge in [0.15, 0.2) is 0 Å². The summed E-state index contributed by atoms with van der Waals surface area (Å²) in [5.74, 6) is -1.54. The van der Waals surface area contributed by atoms with Gasteiger partial charge in [-0.1, -0.05) is 38.1 Å². The van der Waals surface area contributed by atoms with E-state index in [4.69, 9.17) is 14.9 Å². The fraction of sp³-hybridized carbons (Fsp3) is 0.279. The largest absolute Gasteiger partial charge is 0.478 e. The van der Waals surface area contributed by atoms with Crippen molar-refractivity contribution in [1.82, 2.24) is 19.4 Å². The molecular weight excluding hydrogens is 755 g/mol. The Morgan fingerprint density at radius 3 is 2.02 bits per heavy atom. The minimum absolute atomic E-state index is 0.00363. The fourth-order valence-electron chi connectivity index (χ4n) is 6.38. The van der Waals surface area contributed by atoms with Crippen molar-refractivity contribution in [3.05, 3.63) is 131 Å². The number of fused-ring (bicyclic) bond motifs is 1. The molecule has 0 unspecified atom stereocenters. The Morgan fingerprint density at radius 2 is 1.47 bits per heavy atom. The van der Waals surface area contributed by atoms with E-state index in [0.717, 1.165) is 61.2 Å². The van der Waals surface area contributed by atoms with Gasteiger partial charge in [-0.2, -0.15) is 13.2 Å². The number of pyridine rings is 1. The van der Waals surface area contributed by atoms with E-state index >= 15 is 0 Å². The van der Waals surface area contributed by atoms with E-state index in [2.05, 4.69) is 48.0 Å². The van der Waals surface area contributed by atoms with E-state index in [1.165, 1.54) is 29.3 Å². The van der Waals surface area contributed by atoms with Crippen molar-refractivity contribution in [3.8, 4) is 11.6 Å². The van der Waals surface area contributed by atoms with Crippen LogP contribution >= 0.6 is 0 Å². The van der Waals surface area contributed by atoms with Crippen molar-refractivity contribution in [3.63, 3.8) is 0 Å². The molecule has 2 amide bonds. The van der Waals surface area contributed by atoms with E-state index in [1.54, 1.807) is 18.2 Å². The maximum absolute atomic E-state index is 13.6. The van der Waals surface area contributed by atoms with Gasteiger partial charge in [-0.15, -0.1) is 0 Å². The molecule has 0 saturated carbocycles. The summed E-state index contributed by atoms with van der Waals surface area (Å²) in [6, 6.07) is 23.6. The Morgan fingerprint density at radius 1 is 0.845 bits per heavy atom. The maximum atomic E-state index is 13.6. The number of nitrogens with zero attached hydrogens (tertiary/aromatic N) is 5. The van der Waals surface area contributed by atoms with E-state index in [1.807, 2.05) is 34.7 Å². The number of rotatable bonds is 11. The summed E-state index contributed by atoms with van der Waals surface area (Å²) in [7, 11) is 3.41. The minimum atomic E-state index is -4.48. The first kappa shape index (κ1) is 42.7. The molecule has 1 aliphatic rings. The minimum Gasteiger partial charge on any atom is -0.478 e. The first-order valence-electron chi connectivity index (χ1n) is 18.4. The number of hydrogen-bond donors (Lipinski definition) is 2. The highest BCUT2D eigenvalue weighted by Crippen LogP contribution is 2.31. The Bertz CT molecular complexity index is 2250. The van der Waals surface area contributed by atoms with Crippen LogP contribution in [0.25, 0.3) is 10.9 Å². The van der Waals surface area contributed by atoms with Crippen LogP contribution in [0.2, 0.25) is 0 Å². The molecule has 1 aliphatic heterocycles. The number of hydrogen-bond acceptors (Lipinski definition) is 7. The third kappa shape index (κ3) is 11.3. The Kier molecular flexibility index (Phi) is 13.7. The van der Waals surface area contributed by atoms with Crippen LogP contribution in [-0.2, 0) is 35.8 Å². The van der Waals surface area contributed by atoms with Crippen molar-refractivity contribution in [2.75, 3.05) is 38.1 Å². The monoisotopic (exact) mass is 799 g/mol. The van der Waals surface area contributed by atoms with Gasteiger partial charge in [-0.05, 0) is 78.1 Å². The number of carboxylic acid groups (broad SMARTS) is 2. The molecule has 0 spiro atoms. The van der Waals surface area contributed by atoms with Gasteiger partial charge in [-0.3, -0.25) is 14.5 Å². The number of ether oxygens (including phenoxy) is 1. The lowest BCUT2D eigenvalue weighted by Gasteiger charge is -2.34. The molecule has 6 rings (SSSR count). The number of carboxylic acids is 2. The molecular formula is C43H44F3N5O7. The molecule has 15 heteroatoms. The summed E-state index contributed by atoms with van der Waals surface area (Å²) in [6.07, 6.45) is -0.823. The average molecular weight is 800 g/mol. The van der Waals surface area contributed by atoms with Gasteiger partial charge < -0.3 is 29.3 Å². The number of halogens is 3. The van der Waals surface area contributed by atoms with E-state index in [0.29, 0.717) is 54.2 Å². The molecule has 0 radical (unpaired) electrons. The topological polar surface area (TPSA) is 146 Å². The van der Waals surface area contributed by atoms with Crippen LogP contribution in [0, 0.1) is 5.92 Å². The maximum Gasteiger partial charge on any atom is 0.416 e. The van der Waals surface area contributed by atoms with Crippen molar-refractivity contribution >= 4 is 40.3 Å². The van der Waals surface area contributed by atoms with Gasteiger partial charge in [0.05, 0.1) is 17.4 Å². The lowest BCUT2D eigenvalue weighted by atomic mass is 10.0. The normalized spacial score (nSPS) is 13.3. The molecule has 2 aromatic heterocycles. The second-order valence-electron chi connectivity index (χ2n) is 14.2. The molecule has 1 fully saturated rings. The van der Waals surface area contributed by atoms with Crippen LogP contribution in [0.4, 0.5) is 18.9 Å². The third-order valence-corrected chi connectivity index (χ3v) is 9.43. The lowest BCUT2D eigenvalue weighted by molar-refractivity contribution is -0.137. The van der Waals surface area contributed by atoms with Gasteiger partial charge in [0, 0.05) is 81.5 Å². The summed E-state index contributed by atoms with van der Waals surface area (Å²) in [5, 5.41) is 16.5. The second kappa shape index (κ2) is 18.6. The number of amides is 2. The number of benzene rings is 3. The molecule has 0 bridgehead atoms. The number of piperazine rings is 1. The lowest BCUT2D eigenvalue weighted by Crippen LogP contribution is -2.48. The number of anilines is 1. The number of alkyl halides is 3. The van der Waals surface area contributed by atoms with E-state index < -0.39 is 29.6 Å². The summed E-state index contributed by atoms with van der Waals surface area (Å²) >= 11 is 0. The van der Waals surface area contributed by atoms with Crippen molar-refractivity contribution in [2.45, 2.75) is 33.0 Å². The highest BCUT2D eigenvalue weighted by atomic mass is 19.4. The molecule has 0 aliphatic carbocycles. The molecule has 0 atom stereocenters. The molecule has 12 nitrogen and oxygen atoms in total. The molecule has 1 saturated heterocycles. The quantitative estimate of drug-likeness (QED) is 0.130. The first-order valence-corrected chi connectivity index (χ1v) is 18.4. The zero-order chi connectivity index (χ0) is 42.1. The molecule has 58 heavy (non-hydrogen) atoms. The van der Waals surface area contributed by atoms with Crippen LogP contribution in [0.15, 0.2) is 103 Å². The summed E-state index contributed by atoms with van der Waals surface area (Å²) in [4.78, 5) is 55.5. The average Bonchev–Trinajstić information content (AvgIpc) is 3.52. The Balaban J connectivity index is 0.000000725. The Labute approximate surface area is 333 Å². The fourth-order valence-corrected chi connectivity index (χ4v) is 6.38. The van der Waals surface area contributed by atoms with Crippen LogP contribution in [-0.4, -0.2) is 86.5 Å². The van der Waals surface area contributed by atoms with Gasteiger partial charge >= 0.3 is 18.1 Å².